The molecule has 106 valence electrons. The van der Waals surface area contributed by atoms with Gasteiger partial charge in [-0.05, 0) is 49.6 Å². The van der Waals surface area contributed by atoms with Crippen molar-refractivity contribution in [2.24, 2.45) is 0 Å². The zero-order valence-corrected chi connectivity index (χ0v) is 13.0. The minimum absolute atomic E-state index is 0.239. The zero-order valence-electron chi connectivity index (χ0n) is 11.5. The first kappa shape index (κ1) is 15.2. The van der Waals surface area contributed by atoms with Gasteiger partial charge >= 0.3 is 0 Å². The molecule has 0 amide bonds. The maximum Gasteiger partial charge on any atom is 0.0564 e. The van der Waals surface area contributed by atoms with E-state index in [9.17, 15) is 5.11 Å². The summed E-state index contributed by atoms with van der Waals surface area (Å²) in [6.07, 6.45) is 4.41. The number of rotatable bonds is 6. The van der Waals surface area contributed by atoms with Crippen LogP contribution in [0.5, 0.6) is 0 Å². The van der Waals surface area contributed by atoms with Gasteiger partial charge in [0.2, 0.25) is 0 Å². The number of hydrogen-bond donors (Lipinski definition) is 2. The second kappa shape index (κ2) is 6.98. The Morgan fingerprint density at radius 2 is 2.00 bits per heavy atom. The third-order valence-corrected chi connectivity index (χ3v) is 5.43. The van der Waals surface area contributed by atoms with Crippen LogP contribution in [-0.2, 0) is 0 Å². The lowest BCUT2D eigenvalue weighted by Crippen LogP contribution is -2.48. The van der Waals surface area contributed by atoms with E-state index in [4.69, 9.17) is 11.6 Å². The molecule has 2 nitrogen and oxygen atoms in total. The fourth-order valence-corrected chi connectivity index (χ4v) is 3.44. The van der Waals surface area contributed by atoms with Gasteiger partial charge in [0.15, 0.2) is 0 Å². The summed E-state index contributed by atoms with van der Waals surface area (Å²) in [6.45, 7) is 2.40. The second-order valence-corrected chi connectivity index (χ2v) is 6.84. The molecule has 1 aromatic carbocycles. The molecule has 0 heterocycles. The van der Waals surface area contributed by atoms with Crippen LogP contribution < -0.4 is 5.32 Å². The van der Waals surface area contributed by atoms with Gasteiger partial charge in [0.25, 0.3) is 0 Å². The lowest BCUT2D eigenvalue weighted by molar-refractivity contribution is 0.235. The molecule has 2 atom stereocenters. The summed E-state index contributed by atoms with van der Waals surface area (Å²) < 4.78 is 0. The van der Waals surface area contributed by atoms with E-state index in [-0.39, 0.29) is 11.9 Å². The van der Waals surface area contributed by atoms with Gasteiger partial charge in [-0.25, -0.2) is 0 Å². The molecular weight excluding hydrogens is 278 g/mol. The topological polar surface area (TPSA) is 32.3 Å². The number of thioether (sulfide) groups is 1. The van der Waals surface area contributed by atoms with Gasteiger partial charge in [-0.1, -0.05) is 23.7 Å². The minimum atomic E-state index is 0.239. The fraction of sp³-hybridized carbons (Fsp3) is 0.600. The molecule has 0 saturated heterocycles. The molecule has 4 heteroatoms. The molecule has 19 heavy (non-hydrogen) atoms. The number of hydrogen-bond acceptors (Lipinski definition) is 3. The summed E-state index contributed by atoms with van der Waals surface area (Å²) in [6, 6.07) is 9.13. The number of nitrogens with one attached hydrogen (secondary N) is 1. The highest BCUT2D eigenvalue weighted by atomic mass is 35.5. The van der Waals surface area contributed by atoms with Crippen molar-refractivity contribution in [2.45, 2.75) is 43.0 Å². The first-order chi connectivity index (χ1) is 9.13. The van der Waals surface area contributed by atoms with E-state index in [1.807, 2.05) is 12.1 Å². The van der Waals surface area contributed by atoms with Crippen LogP contribution in [0.2, 0.25) is 5.02 Å². The quantitative estimate of drug-likeness (QED) is 0.845. The standard InChI is InChI=1S/C15H22ClNOS/c1-10(15(9-18)19-2)17-14-7-12(8-14)11-3-5-13(16)6-4-11/h3-6,10,12,14-15,17-18H,7-9H2,1-2H3. The third kappa shape index (κ3) is 3.88. The first-order valence-electron chi connectivity index (χ1n) is 6.79. The van der Waals surface area contributed by atoms with Crippen LogP contribution in [0.4, 0.5) is 0 Å². The molecule has 1 aliphatic rings. The fourth-order valence-electron chi connectivity index (χ4n) is 2.68. The molecular formula is C15H22ClNOS. The van der Waals surface area contributed by atoms with Crippen molar-refractivity contribution in [3.8, 4) is 0 Å². The van der Waals surface area contributed by atoms with Crippen molar-refractivity contribution in [3.63, 3.8) is 0 Å². The van der Waals surface area contributed by atoms with E-state index < -0.39 is 0 Å². The molecule has 0 aliphatic heterocycles. The number of halogens is 1. The largest absolute Gasteiger partial charge is 0.395 e. The zero-order chi connectivity index (χ0) is 13.8. The van der Waals surface area contributed by atoms with Crippen LogP contribution >= 0.6 is 23.4 Å². The van der Waals surface area contributed by atoms with Gasteiger partial charge in [-0.3, -0.25) is 0 Å². The highest BCUT2D eigenvalue weighted by Gasteiger charge is 2.32. The Bertz CT molecular complexity index is 388. The Morgan fingerprint density at radius 3 is 2.53 bits per heavy atom. The molecule has 0 bridgehead atoms. The van der Waals surface area contributed by atoms with E-state index in [2.05, 4.69) is 30.6 Å². The molecule has 1 fully saturated rings. The predicted molar refractivity (Wildman–Crippen MR) is 84.2 cm³/mol. The Labute approximate surface area is 124 Å². The number of benzene rings is 1. The Balaban J connectivity index is 1.78. The Hall–Kier alpha value is -0.220. The van der Waals surface area contributed by atoms with E-state index in [0.29, 0.717) is 18.0 Å². The van der Waals surface area contributed by atoms with E-state index in [1.54, 1.807) is 11.8 Å². The van der Waals surface area contributed by atoms with Crippen molar-refractivity contribution in [1.82, 2.24) is 5.32 Å². The number of aliphatic hydroxyl groups excluding tert-OH is 1. The van der Waals surface area contributed by atoms with Crippen LogP contribution in [0, 0.1) is 0 Å². The highest BCUT2D eigenvalue weighted by Crippen LogP contribution is 2.37. The van der Waals surface area contributed by atoms with Crippen LogP contribution in [0.1, 0.15) is 31.2 Å². The van der Waals surface area contributed by atoms with Gasteiger partial charge in [-0.15, -0.1) is 0 Å². The van der Waals surface area contributed by atoms with E-state index in [1.165, 1.54) is 18.4 Å². The molecule has 0 spiro atoms. The summed E-state index contributed by atoms with van der Waals surface area (Å²) in [5.74, 6) is 0.656. The average Bonchev–Trinajstić information content (AvgIpc) is 2.36. The van der Waals surface area contributed by atoms with Gasteiger partial charge in [-0.2, -0.15) is 11.8 Å². The molecule has 1 aliphatic carbocycles. The van der Waals surface area contributed by atoms with Gasteiger partial charge < -0.3 is 10.4 Å². The van der Waals surface area contributed by atoms with E-state index >= 15 is 0 Å². The highest BCUT2D eigenvalue weighted by molar-refractivity contribution is 7.99. The van der Waals surface area contributed by atoms with Gasteiger partial charge in [0.05, 0.1) is 6.61 Å². The van der Waals surface area contributed by atoms with Crippen molar-refractivity contribution in [3.05, 3.63) is 34.9 Å². The maximum atomic E-state index is 9.28. The van der Waals surface area contributed by atoms with Crippen LogP contribution in [0.3, 0.4) is 0 Å². The Kier molecular flexibility index (Phi) is 5.58. The Morgan fingerprint density at radius 1 is 1.37 bits per heavy atom. The smallest absolute Gasteiger partial charge is 0.0564 e. The average molecular weight is 300 g/mol. The summed E-state index contributed by atoms with van der Waals surface area (Å²) in [4.78, 5) is 0. The van der Waals surface area contributed by atoms with Crippen molar-refractivity contribution in [2.75, 3.05) is 12.9 Å². The molecule has 1 saturated carbocycles. The normalized spacial score (nSPS) is 25.7. The summed E-state index contributed by atoms with van der Waals surface area (Å²) in [7, 11) is 0. The molecule has 1 aromatic rings. The van der Waals surface area contributed by atoms with Crippen molar-refractivity contribution in [1.29, 1.82) is 0 Å². The van der Waals surface area contributed by atoms with Crippen LogP contribution in [0.25, 0.3) is 0 Å². The lowest BCUT2D eigenvalue weighted by atomic mass is 9.75. The maximum absolute atomic E-state index is 9.28. The SMILES string of the molecule is CSC(CO)C(C)NC1CC(c2ccc(Cl)cc2)C1. The third-order valence-electron chi connectivity index (χ3n) is 4.02. The summed E-state index contributed by atoms with van der Waals surface area (Å²) in [5.41, 5.74) is 1.39. The van der Waals surface area contributed by atoms with Gasteiger partial charge in [0.1, 0.15) is 0 Å². The van der Waals surface area contributed by atoms with Crippen molar-refractivity contribution < 1.29 is 5.11 Å². The molecule has 2 unspecified atom stereocenters. The summed E-state index contributed by atoms with van der Waals surface area (Å²) in [5, 5.41) is 14.0. The summed E-state index contributed by atoms with van der Waals surface area (Å²) >= 11 is 7.63. The number of aliphatic hydroxyl groups is 1. The lowest BCUT2D eigenvalue weighted by Gasteiger charge is -2.39. The first-order valence-corrected chi connectivity index (χ1v) is 8.45. The molecule has 2 N–H and O–H groups in total. The van der Waals surface area contributed by atoms with Crippen molar-refractivity contribution >= 4 is 23.4 Å². The predicted octanol–water partition coefficient (Wildman–Crippen LogP) is 3.29. The van der Waals surface area contributed by atoms with Crippen LogP contribution in [-0.4, -0.2) is 35.3 Å². The molecule has 0 radical (unpaired) electrons. The monoisotopic (exact) mass is 299 g/mol. The minimum Gasteiger partial charge on any atom is -0.395 e. The molecule has 2 rings (SSSR count). The van der Waals surface area contributed by atoms with E-state index in [0.717, 1.165) is 5.02 Å². The second-order valence-electron chi connectivity index (χ2n) is 5.33. The van der Waals surface area contributed by atoms with Crippen LogP contribution in [0.15, 0.2) is 24.3 Å². The molecule has 0 aromatic heterocycles. The van der Waals surface area contributed by atoms with Gasteiger partial charge in [0, 0.05) is 22.4 Å².